The molecule has 5 nitrogen and oxygen atoms in total. The Morgan fingerprint density at radius 1 is 1.28 bits per heavy atom. The number of rotatable bonds is 5. The van der Waals surface area contributed by atoms with Gasteiger partial charge in [-0.1, -0.05) is 0 Å². The van der Waals surface area contributed by atoms with Crippen LogP contribution in [-0.2, 0) is 19.7 Å². The minimum Gasteiger partial charge on any atom is -0.314 e. The second-order valence-electron chi connectivity index (χ2n) is 5.77. The van der Waals surface area contributed by atoms with Crippen LogP contribution >= 0.6 is 0 Å². The van der Waals surface area contributed by atoms with Crippen molar-refractivity contribution in [2.75, 3.05) is 24.6 Å². The topological polar surface area (TPSA) is 80.3 Å². The molecule has 1 aliphatic heterocycles. The SMILES string of the molecule is CC(C)(C)S(=O)(=O)CCNCC1CCCS1(=O)=O. The van der Waals surface area contributed by atoms with E-state index in [1.54, 1.807) is 20.8 Å². The first-order valence-electron chi connectivity index (χ1n) is 6.21. The van der Waals surface area contributed by atoms with Crippen LogP contribution in [0.3, 0.4) is 0 Å². The first-order chi connectivity index (χ1) is 8.06. The van der Waals surface area contributed by atoms with Gasteiger partial charge >= 0.3 is 0 Å². The van der Waals surface area contributed by atoms with E-state index in [9.17, 15) is 16.8 Å². The molecule has 1 N–H and O–H groups in total. The maximum absolute atomic E-state index is 11.8. The van der Waals surface area contributed by atoms with Gasteiger partial charge in [0, 0.05) is 13.1 Å². The lowest BCUT2D eigenvalue weighted by Crippen LogP contribution is -2.37. The van der Waals surface area contributed by atoms with Crippen molar-refractivity contribution >= 4 is 19.7 Å². The highest BCUT2D eigenvalue weighted by Crippen LogP contribution is 2.19. The van der Waals surface area contributed by atoms with E-state index in [1.165, 1.54) is 0 Å². The smallest absolute Gasteiger partial charge is 0.156 e. The zero-order chi connectivity index (χ0) is 14.0. The number of nitrogens with one attached hydrogen (secondary N) is 1. The summed E-state index contributed by atoms with van der Waals surface area (Å²) in [6.07, 6.45) is 1.40. The first-order valence-corrected chi connectivity index (χ1v) is 9.58. The molecule has 0 aliphatic carbocycles. The summed E-state index contributed by atoms with van der Waals surface area (Å²) in [7, 11) is -6.08. The molecule has 18 heavy (non-hydrogen) atoms. The molecule has 1 aliphatic rings. The molecule has 0 aromatic carbocycles. The van der Waals surface area contributed by atoms with E-state index >= 15 is 0 Å². The fraction of sp³-hybridized carbons (Fsp3) is 1.00. The molecule has 0 spiro atoms. The van der Waals surface area contributed by atoms with Gasteiger partial charge in [0.25, 0.3) is 0 Å². The normalized spacial score (nSPS) is 24.3. The molecule has 0 bridgehead atoms. The first kappa shape index (κ1) is 15.9. The quantitative estimate of drug-likeness (QED) is 0.741. The number of hydrogen-bond acceptors (Lipinski definition) is 5. The molecular formula is C11H23NO4S2. The maximum atomic E-state index is 11.8. The van der Waals surface area contributed by atoms with Gasteiger partial charge in [0.15, 0.2) is 19.7 Å². The van der Waals surface area contributed by atoms with Crippen LogP contribution in [0.5, 0.6) is 0 Å². The van der Waals surface area contributed by atoms with E-state index in [0.29, 0.717) is 19.5 Å². The van der Waals surface area contributed by atoms with Gasteiger partial charge in [-0.2, -0.15) is 0 Å². The molecule has 108 valence electrons. The Bertz CT molecular complexity index is 474. The molecule has 1 fully saturated rings. The standard InChI is InChI=1S/C11H23NO4S2/c1-11(2,3)18(15,16)8-6-12-9-10-5-4-7-17(10,13)14/h10,12H,4-9H2,1-3H3. The molecular weight excluding hydrogens is 274 g/mol. The van der Waals surface area contributed by atoms with Crippen LogP contribution in [0, 0.1) is 0 Å². The van der Waals surface area contributed by atoms with Crippen LogP contribution in [0.4, 0.5) is 0 Å². The largest absolute Gasteiger partial charge is 0.314 e. The van der Waals surface area contributed by atoms with E-state index in [-0.39, 0.29) is 16.8 Å². The summed E-state index contributed by atoms with van der Waals surface area (Å²) in [5.74, 6) is 0.308. The van der Waals surface area contributed by atoms with Gasteiger partial charge in [0.05, 0.1) is 21.5 Å². The summed E-state index contributed by atoms with van der Waals surface area (Å²) in [4.78, 5) is 0. The fourth-order valence-electron chi connectivity index (χ4n) is 1.86. The van der Waals surface area contributed by atoms with E-state index in [2.05, 4.69) is 5.32 Å². The van der Waals surface area contributed by atoms with Gasteiger partial charge in [-0.05, 0) is 33.6 Å². The zero-order valence-electron chi connectivity index (χ0n) is 11.3. The summed E-state index contributed by atoms with van der Waals surface area (Å²) in [6.45, 7) is 5.69. The molecule has 1 unspecified atom stereocenters. The van der Waals surface area contributed by atoms with Gasteiger partial charge in [-0.25, -0.2) is 16.8 Å². The Morgan fingerprint density at radius 2 is 1.89 bits per heavy atom. The van der Waals surface area contributed by atoms with E-state index in [1.807, 2.05) is 0 Å². The maximum Gasteiger partial charge on any atom is 0.156 e. The Hall–Kier alpha value is -0.140. The molecule has 1 saturated heterocycles. The average Bonchev–Trinajstić information content (AvgIpc) is 2.51. The van der Waals surface area contributed by atoms with Gasteiger partial charge in [-0.3, -0.25) is 0 Å². The Labute approximate surface area is 110 Å². The summed E-state index contributed by atoms with van der Waals surface area (Å²) in [6, 6.07) is 0. The van der Waals surface area contributed by atoms with Gasteiger partial charge < -0.3 is 5.32 Å². The summed E-state index contributed by atoms with van der Waals surface area (Å²) in [5, 5.41) is 2.61. The van der Waals surface area contributed by atoms with Crippen molar-refractivity contribution in [1.29, 1.82) is 0 Å². The van der Waals surface area contributed by atoms with Gasteiger partial charge in [-0.15, -0.1) is 0 Å². The molecule has 1 atom stereocenters. The third kappa shape index (κ3) is 3.93. The van der Waals surface area contributed by atoms with Crippen molar-refractivity contribution in [3.8, 4) is 0 Å². The second-order valence-corrected chi connectivity index (χ2v) is 11.0. The lowest BCUT2D eigenvalue weighted by molar-refractivity contribution is 0.553. The predicted molar refractivity (Wildman–Crippen MR) is 73.2 cm³/mol. The third-order valence-corrected chi connectivity index (χ3v) is 8.20. The van der Waals surface area contributed by atoms with Crippen molar-refractivity contribution in [2.24, 2.45) is 0 Å². The Kier molecular flexibility index (Phi) is 4.83. The lowest BCUT2D eigenvalue weighted by Gasteiger charge is -2.19. The van der Waals surface area contributed by atoms with Gasteiger partial charge in [0.2, 0.25) is 0 Å². The van der Waals surface area contributed by atoms with E-state index in [4.69, 9.17) is 0 Å². The summed E-state index contributed by atoms with van der Waals surface area (Å²) >= 11 is 0. The molecule has 7 heteroatoms. The summed E-state index contributed by atoms with van der Waals surface area (Å²) < 4.78 is 46.0. The van der Waals surface area contributed by atoms with E-state index < -0.39 is 24.4 Å². The van der Waals surface area contributed by atoms with Crippen LogP contribution in [-0.4, -0.2) is 51.4 Å². The van der Waals surface area contributed by atoms with Crippen molar-refractivity contribution < 1.29 is 16.8 Å². The minimum atomic E-state index is -3.13. The third-order valence-electron chi connectivity index (χ3n) is 3.32. The van der Waals surface area contributed by atoms with Crippen molar-refractivity contribution in [3.63, 3.8) is 0 Å². The fourth-order valence-corrected chi connectivity index (χ4v) is 4.69. The van der Waals surface area contributed by atoms with Crippen LogP contribution in [0.2, 0.25) is 0 Å². The van der Waals surface area contributed by atoms with Crippen LogP contribution < -0.4 is 5.32 Å². The van der Waals surface area contributed by atoms with Crippen molar-refractivity contribution in [3.05, 3.63) is 0 Å². The van der Waals surface area contributed by atoms with E-state index in [0.717, 1.165) is 6.42 Å². The molecule has 1 rings (SSSR count). The average molecular weight is 297 g/mol. The Morgan fingerprint density at radius 3 is 2.33 bits per heavy atom. The van der Waals surface area contributed by atoms with Crippen LogP contribution in [0.1, 0.15) is 33.6 Å². The highest BCUT2D eigenvalue weighted by Gasteiger charge is 2.31. The summed E-state index contributed by atoms with van der Waals surface area (Å²) in [5.41, 5.74) is 0. The number of hydrogen-bond donors (Lipinski definition) is 1. The lowest BCUT2D eigenvalue weighted by atomic mass is 10.2. The van der Waals surface area contributed by atoms with Crippen LogP contribution in [0.25, 0.3) is 0 Å². The monoisotopic (exact) mass is 297 g/mol. The van der Waals surface area contributed by atoms with Crippen LogP contribution in [0.15, 0.2) is 0 Å². The predicted octanol–water partition coefficient (Wildman–Crippen LogP) is 0.367. The van der Waals surface area contributed by atoms with Crippen molar-refractivity contribution in [1.82, 2.24) is 5.32 Å². The number of sulfone groups is 2. The molecule has 0 aromatic rings. The molecule has 0 saturated carbocycles. The molecule has 0 amide bonds. The second kappa shape index (κ2) is 5.46. The van der Waals surface area contributed by atoms with Gasteiger partial charge in [0.1, 0.15) is 0 Å². The van der Waals surface area contributed by atoms with Crippen molar-refractivity contribution in [2.45, 2.75) is 43.6 Å². The highest BCUT2D eigenvalue weighted by molar-refractivity contribution is 7.92. The zero-order valence-corrected chi connectivity index (χ0v) is 12.9. The Balaban J connectivity index is 2.37. The minimum absolute atomic E-state index is 0.0449. The highest BCUT2D eigenvalue weighted by atomic mass is 32.2. The molecule has 0 aromatic heterocycles. The molecule has 0 radical (unpaired) electrons. The molecule has 1 heterocycles.